The van der Waals surface area contributed by atoms with Gasteiger partial charge in [0.15, 0.2) is 5.82 Å². The summed E-state index contributed by atoms with van der Waals surface area (Å²) in [6.45, 7) is 6.94. The van der Waals surface area contributed by atoms with Crippen molar-refractivity contribution in [1.82, 2.24) is 10.2 Å². The molecule has 0 fully saturated rings. The van der Waals surface area contributed by atoms with E-state index >= 15 is 0 Å². The molecule has 0 aliphatic heterocycles. The first-order valence-corrected chi connectivity index (χ1v) is 9.97. The van der Waals surface area contributed by atoms with Crippen molar-refractivity contribution >= 4 is 22.6 Å². The Hall–Kier alpha value is -3.60. The van der Waals surface area contributed by atoms with Gasteiger partial charge in [0.05, 0.1) is 5.52 Å². The van der Waals surface area contributed by atoms with Crippen molar-refractivity contribution in [3.05, 3.63) is 89.5 Å². The monoisotopic (exact) mass is 399 g/mol. The number of aromatic amines is 1. The van der Waals surface area contributed by atoms with Crippen molar-refractivity contribution in [3.63, 3.8) is 0 Å². The molecule has 1 heterocycles. The number of nitrogens with zero attached hydrogens (tertiary/aromatic N) is 1. The van der Waals surface area contributed by atoms with E-state index < -0.39 is 0 Å². The number of hydrogen-bond acceptors (Lipinski definition) is 3. The number of aromatic nitrogens is 2. The molecule has 4 rings (SSSR count). The van der Waals surface area contributed by atoms with Crippen molar-refractivity contribution in [3.8, 4) is 5.75 Å². The van der Waals surface area contributed by atoms with E-state index in [2.05, 4.69) is 36.3 Å². The van der Waals surface area contributed by atoms with Crippen LogP contribution in [0.25, 0.3) is 10.9 Å². The van der Waals surface area contributed by atoms with Gasteiger partial charge in [0.2, 0.25) is 0 Å². The topological polar surface area (TPSA) is 67.0 Å². The first-order valence-electron chi connectivity index (χ1n) is 9.97. The van der Waals surface area contributed by atoms with E-state index in [1.807, 2.05) is 72.8 Å². The Morgan fingerprint density at radius 1 is 1.00 bits per heavy atom. The highest BCUT2D eigenvalue weighted by Crippen LogP contribution is 2.26. The Kier molecular flexibility index (Phi) is 5.27. The summed E-state index contributed by atoms with van der Waals surface area (Å²) in [4.78, 5) is 12.7. The molecule has 1 amide bonds. The fraction of sp³-hybridized carbons (Fsp3) is 0.200. The Balaban J connectivity index is 1.46. The molecular weight excluding hydrogens is 374 g/mol. The average Bonchev–Trinajstić information content (AvgIpc) is 3.14. The number of fused-ring (bicyclic) bond motifs is 1. The summed E-state index contributed by atoms with van der Waals surface area (Å²) in [5, 5.41) is 11.0. The van der Waals surface area contributed by atoms with Gasteiger partial charge in [0.1, 0.15) is 12.4 Å². The fourth-order valence-corrected chi connectivity index (χ4v) is 3.23. The molecule has 0 radical (unpaired) electrons. The van der Waals surface area contributed by atoms with Crippen molar-refractivity contribution in [2.75, 3.05) is 5.32 Å². The number of carbonyl (C=O) groups excluding carboxylic acids is 1. The number of hydrogen-bond donors (Lipinski definition) is 2. The zero-order valence-electron chi connectivity index (χ0n) is 17.4. The van der Waals surface area contributed by atoms with Crippen LogP contribution in [-0.2, 0) is 12.0 Å². The quantitative estimate of drug-likeness (QED) is 0.453. The van der Waals surface area contributed by atoms with E-state index in [1.165, 1.54) is 5.56 Å². The molecule has 2 N–H and O–H groups in total. The van der Waals surface area contributed by atoms with Gasteiger partial charge in [-0.05, 0) is 40.8 Å². The second kappa shape index (κ2) is 8.03. The molecule has 0 bridgehead atoms. The SMILES string of the molecule is CC(C)(C)c1ccc(C(=O)Nc2n[nH]c3cc(OCc4ccccc4)ccc23)cc1. The van der Waals surface area contributed by atoms with Crippen LogP contribution in [0.1, 0.15) is 42.3 Å². The van der Waals surface area contributed by atoms with E-state index in [4.69, 9.17) is 4.74 Å². The van der Waals surface area contributed by atoms with Crippen LogP contribution in [0.2, 0.25) is 0 Å². The lowest BCUT2D eigenvalue weighted by molar-refractivity contribution is 0.102. The van der Waals surface area contributed by atoms with Gasteiger partial charge < -0.3 is 10.1 Å². The summed E-state index contributed by atoms with van der Waals surface area (Å²) in [5.74, 6) is 1.06. The fourth-order valence-electron chi connectivity index (χ4n) is 3.23. The molecule has 1 aromatic heterocycles. The Labute approximate surface area is 176 Å². The van der Waals surface area contributed by atoms with Crippen LogP contribution >= 0.6 is 0 Å². The minimum atomic E-state index is -0.187. The van der Waals surface area contributed by atoms with Crippen molar-refractivity contribution in [2.24, 2.45) is 0 Å². The molecule has 5 nitrogen and oxygen atoms in total. The third-order valence-electron chi connectivity index (χ3n) is 5.03. The molecule has 30 heavy (non-hydrogen) atoms. The Bertz CT molecular complexity index is 1160. The van der Waals surface area contributed by atoms with Crippen LogP contribution in [0.4, 0.5) is 5.82 Å². The number of ether oxygens (including phenoxy) is 1. The molecule has 4 aromatic rings. The van der Waals surface area contributed by atoms with Gasteiger partial charge in [-0.3, -0.25) is 9.89 Å². The number of rotatable bonds is 5. The Morgan fingerprint density at radius 2 is 1.73 bits per heavy atom. The van der Waals surface area contributed by atoms with Crippen LogP contribution in [0.5, 0.6) is 5.75 Å². The molecule has 0 unspecified atom stereocenters. The molecular formula is C25H25N3O2. The highest BCUT2D eigenvalue weighted by atomic mass is 16.5. The summed E-state index contributed by atoms with van der Waals surface area (Å²) in [6.07, 6.45) is 0. The molecule has 5 heteroatoms. The van der Waals surface area contributed by atoms with Gasteiger partial charge in [-0.2, -0.15) is 5.10 Å². The van der Waals surface area contributed by atoms with Crippen LogP contribution in [-0.4, -0.2) is 16.1 Å². The van der Waals surface area contributed by atoms with Crippen molar-refractivity contribution in [2.45, 2.75) is 32.8 Å². The standard InChI is InChI=1S/C25H25N3O2/c1-25(2,3)19-11-9-18(10-12-19)24(29)26-23-21-14-13-20(15-22(21)27-28-23)30-16-17-7-5-4-6-8-17/h4-15H,16H2,1-3H3,(H2,26,27,28,29). The molecule has 0 saturated carbocycles. The third-order valence-corrected chi connectivity index (χ3v) is 5.03. The Morgan fingerprint density at radius 3 is 2.43 bits per heavy atom. The first-order chi connectivity index (χ1) is 14.4. The molecule has 0 aliphatic rings. The summed E-state index contributed by atoms with van der Waals surface area (Å²) < 4.78 is 5.86. The van der Waals surface area contributed by atoms with E-state index in [9.17, 15) is 4.79 Å². The zero-order valence-corrected chi connectivity index (χ0v) is 17.4. The van der Waals surface area contributed by atoms with Crippen molar-refractivity contribution in [1.29, 1.82) is 0 Å². The van der Waals surface area contributed by atoms with E-state index in [0.717, 1.165) is 22.2 Å². The maximum Gasteiger partial charge on any atom is 0.256 e. The minimum Gasteiger partial charge on any atom is -0.489 e. The molecule has 0 atom stereocenters. The third kappa shape index (κ3) is 4.35. The summed E-state index contributed by atoms with van der Waals surface area (Å²) in [5.41, 5.74) is 3.74. The predicted octanol–water partition coefficient (Wildman–Crippen LogP) is 5.69. The van der Waals surface area contributed by atoms with Crippen LogP contribution < -0.4 is 10.1 Å². The first kappa shape index (κ1) is 19.7. The van der Waals surface area contributed by atoms with Gasteiger partial charge in [-0.15, -0.1) is 0 Å². The maximum absolute atomic E-state index is 12.7. The van der Waals surface area contributed by atoms with E-state index in [-0.39, 0.29) is 11.3 Å². The number of H-pyrrole nitrogens is 1. The molecule has 0 saturated heterocycles. The van der Waals surface area contributed by atoms with Gasteiger partial charge in [-0.25, -0.2) is 0 Å². The largest absolute Gasteiger partial charge is 0.489 e. The minimum absolute atomic E-state index is 0.0493. The molecule has 3 aromatic carbocycles. The zero-order chi connectivity index (χ0) is 21.1. The molecule has 0 aliphatic carbocycles. The lowest BCUT2D eigenvalue weighted by Crippen LogP contribution is -2.14. The van der Waals surface area contributed by atoms with E-state index in [1.54, 1.807) is 0 Å². The highest BCUT2D eigenvalue weighted by Gasteiger charge is 2.15. The number of benzene rings is 3. The van der Waals surface area contributed by atoms with Gasteiger partial charge in [0, 0.05) is 17.0 Å². The lowest BCUT2D eigenvalue weighted by Gasteiger charge is -2.18. The second-order valence-electron chi connectivity index (χ2n) is 8.34. The maximum atomic E-state index is 12.7. The normalized spacial score (nSPS) is 11.4. The van der Waals surface area contributed by atoms with Crippen LogP contribution in [0, 0.1) is 0 Å². The average molecular weight is 399 g/mol. The smallest absolute Gasteiger partial charge is 0.256 e. The number of nitrogens with one attached hydrogen (secondary N) is 2. The summed E-state index contributed by atoms with van der Waals surface area (Å²) in [6, 6.07) is 23.4. The second-order valence-corrected chi connectivity index (χ2v) is 8.34. The number of carbonyl (C=O) groups is 1. The van der Waals surface area contributed by atoms with Crippen LogP contribution in [0.3, 0.4) is 0 Å². The molecule has 0 spiro atoms. The van der Waals surface area contributed by atoms with Crippen LogP contribution in [0.15, 0.2) is 72.8 Å². The van der Waals surface area contributed by atoms with Crippen molar-refractivity contribution < 1.29 is 9.53 Å². The highest BCUT2D eigenvalue weighted by molar-refractivity contribution is 6.07. The van der Waals surface area contributed by atoms with Gasteiger partial charge in [-0.1, -0.05) is 63.2 Å². The lowest BCUT2D eigenvalue weighted by atomic mass is 9.87. The van der Waals surface area contributed by atoms with Gasteiger partial charge in [0.25, 0.3) is 5.91 Å². The predicted molar refractivity (Wildman–Crippen MR) is 120 cm³/mol. The molecule has 152 valence electrons. The summed E-state index contributed by atoms with van der Waals surface area (Å²) in [7, 11) is 0. The number of anilines is 1. The summed E-state index contributed by atoms with van der Waals surface area (Å²) >= 11 is 0. The van der Waals surface area contributed by atoms with Gasteiger partial charge >= 0.3 is 0 Å². The van der Waals surface area contributed by atoms with E-state index in [0.29, 0.717) is 18.0 Å². The number of amides is 1.